The maximum Gasteiger partial charge on any atom is 0.179 e. The molecule has 1 unspecified atom stereocenters. The Labute approximate surface area is 101 Å². The van der Waals surface area contributed by atoms with Crippen LogP contribution in [0.15, 0.2) is 6.07 Å². The Morgan fingerprint density at radius 3 is 2.25 bits per heavy atom. The van der Waals surface area contributed by atoms with Gasteiger partial charge in [-0.25, -0.2) is 0 Å². The predicted molar refractivity (Wildman–Crippen MR) is 66.5 cm³/mol. The number of methoxy groups -OCH3 is 2. The third kappa shape index (κ3) is 2.25. The highest BCUT2D eigenvalue weighted by atomic mass is 35.5. The molecule has 0 bridgehead atoms. The largest absolute Gasteiger partial charge is 0.493 e. The highest BCUT2D eigenvalue weighted by Crippen LogP contribution is 2.41. The van der Waals surface area contributed by atoms with Crippen molar-refractivity contribution in [3.8, 4) is 11.5 Å². The topological polar surface area (TPSA) is 44.5 Å². The molecule has 0 heterocycles. The van der Waals surface area contributed by atoms with E-state index in [9.17, 15) is 0 Å². The van der Waals surface area contributed by atoms with E-state index in [1.54, 1.807) is 14.2 Å². The highest BCUT2D eigenvalue weighted by molar-refractivity contribution is 6.32. The lowest BCUT2D eigenvalue weighted by Gasteiger charge is -2.19. The fraction of sp³-hybridized carbons (Fsp3) is 0.500. The first-order valence-corrected chi connectivity index (χ1v) is 5.63. The van der Waals surface area contributed by atoms with Gasteiger partial charge in [-0.2, -0.15) is 0 Å². The highest BCUT2D eigenvalue weighted by Gasteiger charge is 2.19. The second kappa shape index (κ2) is 5.41. The Morgan fingerprint density at radius 2 is 1.88 bits per heavy atom. The summed E-state index contributed by atoms with van der Waals surface area (Å²) in [5.41, 5.74) is 7.98. The minimum absolute atomic E-state index is 0.0766. The van der Waals surface area contributed by atoms with Crippen LogP contribution < -0.4 is 15.2 Å². The number of hydrogen-bond donors (Lipinski definition) is 1. The van der Waals surface area contributed by atoms with E-state index in [4.69, 9.17) is 26.8 Å². The van der Waals surface area contributed by atoms with E-state index in [2.05, 4.69) is 6.92 Å². The zero-order chi connectivity index (χ0) is 12.3. The molecule has 0 spiro atoms. The molecule has 1 aromatic carbocycles. The van der Waals surface area contributed by atoms with E-state index < -0.39 is 0 Å². The molecule has 90 valence electrons. The Morgan fingerprint density at radius 1 is 1.31 bits per heavy atom. The van der Waals surface area contributed by atoms with Crippen LogP contribution in [0.4, 0.5) is 0 Å². The number of benzene rings is 1. The fourth-order valence-corrected chi connectivity index (χ4v) is 2.12. The van der Waals surface area contributed by atoms with Gasteiger partial charge in [0.2, 0.25) is 0 Å². The van der Waals surface area contributed by atoms with E-state index in [1.807, 2.05) is 13.0 Å². The van der Waals surface area contributed by atoms with Crippen LogP contribution in [0, 0.1) is 0 Å². The molecule has 0 aliphatic rings. The average Bonchev–Trinajstić information content (AvgIpc) is 2.27. The zero-order valence-corrected chi connectivity index (χ0v) is 10.9. The SMILES string of the molecule is CCc1c(C(C)N)cc(Cl)c(OC)c1OC. The molecule has 0 saturated carbocycles. The van der Waals surface area contributed by atoms with Crippen LogP contribution in [-0.4, -0.2) is 14.2 Å². The number of ether oxygens (including phenoxy) is 2. The molecule has 0 aromatic heterocycles. The monoisotopic (exact) mass is 243 g/mol. The van der Waals surface area contributed by atoms with Crippen molar-refractivity contribution in [3.63, 3.8) is 0 Å². The summed E-state index contributed by atoms with van der Waals surface area (Å²) in [5.74, 6) is 1.26. The summed E-state index contributed by atoms with van der Waals surface area (Å²) in [4.78, 5) is 0. The first-order valence-electron chi connectivity index (χ1n) is 5.25. The second-order valence-electron chi connectivity index (χ2n) is 3.63. The second-order valence-corrected chi connectivity index (χ2v) is 4.04. The van der Waals surface area contributed by atoms with Gasteiger partial charge < -0.3 is 15.2 Å². The maximum atomic E-state index is 6.13. The third-order valence-electron chi connectivity index (χ3n) is 2.58. The maximum absolute atomic E-state index is 6.13. The van der Waals surface area contributed by atoms with Crippen LogP contribution >= 0.6 is 11.6 Å². The number of nitrogens with two attached hydrogens (primary N) is 1. The minimum atomic E-state index is -0.0766. The quantitative estimate of drug-likeness (QED) is 0.884. The smallest absolute Gasteiger partial charge is 0.179 e. The molecule has 1 aromatic rings. The van der Waals surface area contributed by atoms with Gasteiger partial charge in [0, 0.05) is 11.6 Å². The van der Waals surface area contributed by atoms with Gasteiger partial charge in [-0.15, -0.1) is 0 Å². The van der Waals surface area contributed by atoms with E-state index >= 15 is 0 Å². The molecule has 4 heteroatoms. The summed E-state index contributed by atoms with van der Waals surface area (Å²) in [6.07, 6.45) is 0.827. The molecule has 0 aliphatic carbocycles. The van der Waals surface area contributed by atoms with E-state index in [1.165, 1.54) is 0 Å². The molecule has 0 saturated heterocycles. The number of rotatable bonds is 4. The Hall–Kier alpha value is -0.930. The van der Waals surface area contributed by atoms with Gasteiger partial charge in [0.05, 0.1) is 19.2 Å². The number of hydrogen-bond acceptors (Lipinski definition) is 3. The summed E-state index contributed by atoms with van der Waals surface area (Å²) in [7, 11) is 3.19. The molecule has 1 atom stereocenters. The summed E-state index contributed by atoms with van der Waals surface area (Å²) < 4.78 is 10.6. The first kappa shape index (κ1) is 13.1. The van der Waals surface area contributed by atoms with Crippen LogP contribution in [0.1, 0.15) is 31.0 Å². The standard InChI is InChI=1S/C12H18ClNO2/c1-5-8-9(7(2)14)6-10(13)12(16-4)11(8)15-3/h6-7H,5,14H2,1-4H3. The van der Waals surface area contributed by atoms with Crippen LogP contribution in [-0.2, 0) is 6.42 Å². The lowest BCUT2D eigenvalue weighted by molar-refractivity contribution is 0.351. The van der Waals surface area contributed by atoms with Gasteiger partial charge in [-0.3, -0.25) is 0 Å². The Kier molecular flexibility index (Phi) is 4.44. The molecule has 0 aliphatic heterocycles. The van der Waals surface area contributed by atoms with Crippen LogP contribution in [0.3, 0.4) is 0 Å². The van der Waals surface area contributed by atoms with E-state index in [-0.39, 0.29) is 6.04 Å². The number of halogens is 1. The van der Waals surface area contributed by atoms with Gasteiger partial charge in [-0.1, -0.05) is 18.5 Å². The summed E-state index contributed by atoms with van der Waals surface area (Å²) >= 11 is 6.13. The molecule has 3 nitrogen and oxygen atoms in total. The van der Waals surface area contributed by atoms with Crippen molar-refractivity contribution < 1.29 is 9.47 Å². The lowest BCUT2D eigenvalue weighted by Crippen LogP contribution is -2.10. The lowest BCUT2D eigenvalue weighted by atomic mass is 9.98. The van der Waals surface area contributed by atoms with Gasteiger partial charge in [0.25, 0.3) is 0 Å². The van der Waals surface area contributed by atoms with Gasteiger partial charge in [-0.05, 0) is 25.0 Å². The van der Waals surface area contributed by atoms with Crippen molar-refractivity contribution in [2.45, 2.75) is 26.3 Å². The predicted octanol–water partition coefficient (Wildman–Crippen LogP) is 2.94. The zero-order valence-electron chi connectivity index (χ0n) is 10.1. The Bertz CT molecular complexity index is 378. The van der Waals surface area contributed by atoms with Crippen LogP contribution in [0.5, 0.6) is 11.5 Å². The Balaban J connectivity index is 3.50. The third-order valence-corrected chi connectivity index (χ3v) is 2.86. The van der Waals surface area contributed by atoms with Crippen molar-refractivity contribution in [1.29, 1.82) is 0 Å². The normalized spacial score (nSPS) is 12.4. The molecule has 1 rings (SSSR count). The molecule has 16 heavy (non-hydrogen) atoms. The van der Waals surface area contributed by atoms with Crippen molar-refractivity contribution in [3.05, 3.63) is 22.2 Å². The van der Waals surface area contributed by atoms with E-state index in [0.717, 1.165) is 17.5 Å². The summed E-state index contributed by atoms with van der Waals surface area (Å²) in [6, 6.07) is 1.78. The molecule has 0 fully saturated rings. The molecular weight excluding hydrogens is 226 g/mol. The van der Waals surface area contributed by atoms with Crippen molar-refractivity contribution in [1.82, 2.24) is 0 Å². The molecular formula is C12H18ClNO2. The van der Waals surface area contributed by atoms with Gasteiger partial charge >= 0.3 is 0 Å². The van der Waals surface area contributed by atoms with E-state index in [0.29, 0.717) is 16.5 Å². The van der Waals surface area contributed by atoms with Crippen molar-refractivity contribution >= 4 is 11.6 Å². The summed E-state index contributed by atoms with van der Waals surface area (Å²) in [5, 5.41) is 0.531. The molecule has 0 radical (unpaired) electrons. The molecule has 0 amide bonds. The molecule has 2 N–H and O–H groups in total. The van der Waals surface area contributed by atoms with Crippen LogP contribution in [0.2, 0.25) is 5.02 Å². The van der Waals surface area contributed by atoms with Crippen molar-refractivity contribution in [2.24, 2.45) is 5.73 Å². The first-order chi connectivity index (χ1) is 7.56. The van der Waals surface area contributed by atoms with Gasteiger partial charge in [0.15, 0.2) is 11.5 Å². The van der Waals surface area contributed by atoms with Gasteiger partial charge in [0.1, 0.15) is 0 Å². The minimum Gasteiger partial charge on any atom is -0.493 e. The fourth-order valence-electron chi connectivity index (χ4n) is 1.84. The summed E-state index contributed by atoms with van der Waals surface area (Å²) in [6.45, 7) is 3.98. The van der Waals surface area contributed by atoms with Crippen molar-refractivity contribution in [2.75, 3.05) is 14.2 Å². The van der Waals surface area contributed by atoms with Crippen LogP contribution in [0.25, 0.3) is 0 Å². The average molecular weight is 244 g/mol.